The first-order valence-electron chi connectivity index (χ1n) is 6.81. The molecular weight excluding hydrogens is 242 g/mol. The first kappa shape index (κ1) is 14.0. The molecular formula is C13H23N5O. The van der Waals surface area contributed by atoms with Crippen molar-refractivity contribution >= 4 is 11.6 Å². The lowest BCUT2D eigenvalue weighted by Crippen LogP contribution is -2.23. The molecule has 19 heavy (non-hydrogen) atoms. The molecule has 0 radical (unpaired) electrons. The van der Waals surface area contributed by atoms with Gasteiger partial charge in [0, 0.05) is 17.5 Å². The molecule has 1 heterocycles. The Labute approximate surface area is 113 Å². The number of aliphatic hydroxyl groups excluding tert-OH is 1. The molecule has 1 aromatic rings. The fraction of sp³-hybridized carbons (Fsp3) is 0.692. The number of aromatic nitrogens is 2. The summed E-state index contributed by atoms with van der Waals surface area (Å²) in [6.07, 6.45) is 2.64. The van der Waals surface area contributed by atoms with Crippen molar-refractivity contribution in [3.05, 3.63) is 11.4 Å². The van der Waals surface area contributed by atoms with Crippen molar-refractivity contribution in [1.29, 1.82) is 0 Å². The quantitative estimate of drug-likeness (QED) is 0.460. The van der Waals surface area contributed by atoms with E-state index in [0.717, 1.165) is 30.0 Å². The van der Waals surface area contributed by atoms with Crippen molar-refractivity contribution in [2.75, 3.05) is 10.7 Å². The third kappa shape index (κ3) is 3.54. The number of hydrogen-bond acceptors (Lipinski definition) is 6. The van der Waals surface area contributed by atoms with Gasteiger partial charge in [-0.2, -0.15) is 0 Å². The zero-order valence-corrected chi connectivity index (χ0v) is 11.8. The second-order valence-corrected chi connectivity index (χ2v) is 5.45. The van der Waals surface area contributed by atoms with Crippen molar-refractivity contribution in [2.24, 2.45) is 5.84 Å². The Morgan fingerprint density at radius 3 is 2.47 bits per heavy atom. The number of hydrogen-bond donors (Lipinski definition) is 4. The summed E-state index contributed by atoms with van der Waals surface area (Å²) in [7, 11) is 0. The highest BCUT2D eigenvalue weighted by Gasteiger charge is 2.28. The van der Waals surface area contributed by atoms with Gasteiger partial charge in [0.05, 0.1) is 6.10 Å². The van der Waals surface area contributed by atoms with Gasteiger partial charge in [-0.15, -0.1) is 0 Å². The lowest BCUT2D eigenvalue weighted by molar-refractivity contribution is 0.179. The Balaban J connectivity index is 2.20. The van der Waals surface area contributed by atoms with E-state index in [1.165, 1.54) is 0 Å². The molecule has 2 rings (SSSR count). The highest BCUT2D eigenvalue weighted by Crippen LogP contribution is 2.39. The summed E-state index contributed by atoms with van der Waals surface area (Å²) in [6, 6.07) is 0.145. The summed E-state index contributed by atoms with van der Waals surface area (Å²) in [6.45, 7) is 5.75. The zero-order chi connectivity index (χ0) is 14.0. The molecule has 1 saturated carbocycles. The first-order chi connectivity index (χ1) is 9.01. The molecule has 0 spiro atoms. The number of aliphatic hydroxyl groups is 1. The first-order valence-corrected chi connectivity index (χ1v) is 6.81. The minimum absolute atomic E-state index is 0.145. The van der Waals surface area contributed by atoms with Gasteiger partial charge in [-0.3, -0.25) is 0 Å². The van der Waals surface area contributed by atoms with E-state index in [-0.39, 0.29) is 12.1 Å². The van der Waals surface area contributed by atoms with E-state index in [2.05, 4.69) is 20.7 Å². The fourth-order valence-corrected chi connectivity index (χ4v) is 2.14. The molecule has 1 aliphatic rings. The number of nitrogens with two attached hydrogens (primary N) is 1. The third-order valence-electron chi connectivity index (χ3n) is 3.32. The van der Waals surface area contributed by atoms with Crippen LogP contribution in [0, 0.1) is 6.92 Å². The minimum atomic E-state index is -0.334. The van der Waals surface area contributed by atoms with E-state index in [1.807, 2.05) is 13.8 Å². The SMILES string of the molecule is Cc1c(NN)nc(C2CC2)nc1NC(C)CC(C)O. The van der Waals surface area contributed by atoms with Crippen molar-refractivity contribution < 1.29 is 5.11 Å². The van der Waals surface area contributed by atoms with Gasteiger partial charge in [0.15, 0.2) is 0 Å². The highest BCUT2D eigenvalue weighted by molar-refractivity contribution is 5.57. The molecule has 5 N–H and O–H groups in total. The Morgan fingerprint density at radius 2 is 1.95 bits per heavy atom. The number of anilines is 2. The van der Waals surface area contributed by atoms with Crippen LogP contribution >= 0.6 is 0 Å². The maximum absolute atomic E-state index is 9.42. The molecule has 2 atom stereocenters. The van der Waals surface area contributed by atoms with Crippen LogP contribution in [0.5, 0.6) is 0 Å². The van der Waals surface area contributed by atoms with Crippen LogP contribution in [-0.2, 0) is 0 Å². The highest BCUT2D eigenvalue weighted by atomic mass is 16.3. The smallest absolute Gasteiger partial charge is 0.148 e. The predicted octanol–water partition coefficient (Wildman–Crippen LogP) is 1.52. The second kappa shape index (κ2) is 5.71. The molecule has 0 amide bonds. The standard InChI is InChI=1S/C13H23N5O/c1-7(6-8(2)19)15-11-9(3)12(18-14)17-13(16-11)10-4-5-10/h7-8,10,19H,4-6,14H2,1-3H3,(H2,15,16,17,18). The number of hydrazine groups is 1. The van der Waals surface area contributed by atoms with Gasteiger partial charge in [-0.05, 0) is 40.0 Å². The van der Waals surface area contributed by atoms with Crippen LogP contribution in [0.25, 0.3) is 0 Å². The summed E-state index contributed by atoms with van der Waals surface area (Å²) < 4.78 is 0. The van der Waals surface area contributed by atoms with Crippen LogP contribution in [-0.4, -0.2) is 27.2 Å². The maximum atomic E-state index is 9.42. The summed E-state index contributed by atoms with van der Waals surface area (Å²) >= 11 is 0. The van der Waals surface area contributed by atoms with Gasteiger partial charge < -0.3 is 15.8 Å². The number of nitrogens with one attached hydrogen (secondary N) is 2. The van der Waals surface area contributed by atoms with Gasteiger partial charge in [0.2, 0.25) is 0 Å². The largest absolute Gasteiger partial charge is 0.393 e. The average molecular weight is 265 g/mol. The van der Waals surface area contributed by atoms with E-state index >= 15 is 0 Å². The minimum Gasteiger partial charge on any atom is -0.393 e. The molecule has 0 bridgehead atoms. The Bertz CT molecular complexity index is 445. The van der Waals surface area contributed by atoms with Crippen molar-refractivity contribution in [2.45, 2.75) is 58.1 Å². The van der Waals surface area contributed by atoms with Gasteiger partial charge in [-0.1, -0.05) is 0 Å². The molecule has 6 heteroatoms. The molecule has 106 valence electrons. The molecule has 1 aromatic heterocycles. The number of rotatable bonds is 6. The monoisotopic (exact) mass is 265 g/mol. The third-order valence-corrected chi connectivity index (χ3v) is 3.32. The lowest BCUT2D eigenvalue weighted by Gasteiger charge is -2.19. The Morgan fingerprint density at radius 1 is 1.32 bits per heavy atom. The molecule has 0 saturated heterocycles. The normalized spacial score (nSPS) is 17.9. The summed E-state index contributed by atoms with van der Waals surface area (Å²) in [4.78, 5) is 9.04. The van der Waals surface area contributed by atoms with E-state index in [9.17, 15) is 5.11 Å². The fourth-order valence-electron chi connectivity index (χ4n) is 2.14. The summed E-state index contributed by atoms with van der Waals surface area (Å²) in [5, 5.41) is 12.8. The average Bonchev–Trinajstić information content (AvgIpc) is 3.14. The zero-order valence-electron chi connectivity index (χ0n) is 11.8. The predicted molar refractivity (Wildman–Crippen MR) is 75.9 cm³/mol. The van der Waals surface area contributed by atoms with Gasteiger partial charge in [0.25, 0.3) is 0 Å². The Kier molecular flexibility index (Phi) is 4.21. The summed E-state index contributed by atoms with van der Waals surface area (Å²) in [5.41, 5.74) is 3.54. The molecule has 0 aromatic carbocycles. The number of nitrogen functional groups attached to an aromatic ring is 1. The molecule has 1 aliphatic carbocycles. The summed E-state index contributed by atoms with van der Waals surface area (Å²) in [5.74, 6) is 8.31. The number of nitrogens with zero attached hydrogens (tertiary/aromatic N) is 2. The van der Waals surface area contributed by atoms with Crippen LogP contribution in [0.4, 0.5) is 11.6 Å². The van der Waals surface area contributed by atoms with Crippen molar-refractivity contribution in [1.82, 2.24) is 9.97 Å². The van der Waals surface area contributed by atoms with Crippen LogP contribution < -0.4 is 16.6 Å². The van der Waals surface area contributed by atoms with Crippen LogP contribution in [0.15, 0.2) is 0 Å². The van der Waals surface area contributed by atoms with Gasteiger partial charge in [-0.25, -0.2) is 15.8 Å². The second-order valence-electron chi connectivity index (χ2n) is 5.45. The van der Waals surface area contributed by atoms with E-state index in [4.69, 9.17) is 5.84 Å². The lowest BCUT2D eigenvalue weighted by atomic mass is 10.1. The van der Waals surface area contributed by atoms with E-state index in [1.54, 1.807) is 6.92 Å². The maximum Gasteiger partial charge on any atom is 0.148 e. The molecule has 1 fully saturated rings. The topological polar surface area (TPSA) is 96.1 Å². The molecule has 0 aliphatic heterocycles. The van der Waals surface area contributed by atoms with Crippen molar-refractivity contribution in [3.63, 3.8) is 0 Å². The van der Waals surface area contributed by atoms with E-state index in [0.29, 0.717) is 18.2 Å². The van der Waals surface area contributed by atoms with E-state index < -0.39 is 0 Å². The Hall–Kier alpha value is -1.40. The van der Waals surface area contributed by atoms with Gasteiger partial charge in [0.1, 0.15) is 17.5 Å². The van der Waals surface area contributed by atoms with Crippen molar-refractivity contribution in [3.8, 4) is 0 Å². The van der Waals surface area contributed by atoms with Crippen LogP contribution in [0.2, 0.25) is 0 Å². The molecule has 6 nitrogen and oxygen atoms in total. The van der Waals surface area contributed by atoms with Crippen LogP contribution in [0.3, 0.4) is 0 Å². The van der Waals surface area contributed by atoms with Crippen LogP contribution in [0.1, 0.15) is 50.4 Å². The molecule has 2 unspecified atom stereocenters. The van der Waals surface area contributed by atoms with Gasteiger partial charge >= 0.3 is 0 Å².